The van der Waals surface area contributed by atoms with Gasteiger partial charge in [0.25, 0.3) is 0 Å². The van der Waals surface area contributed by atoms with E-state index in [0.717, 1.165) is 11.1 Å². The molecule has 0 bridgehead atoms. The Kier molecular flexibility index (Phi) is 6.12. The molecule has 2 aromatic carbocycles. The molecule has 1 aliphatic rings. The van der Waals surface area contributed by atoms with E-state index in [1.165, 1.54) is 17.4 Å². The van der Waals surface area contributed by atoms with Crippen molar-refractivity contribution in [3.63, 3.8) is 0 Å². The molecule has 28 heavy (non-hydrogen) atoms. The first-order chi connectivity index (χ1) is 13.4. The highest BCUT2D eigenvalue weighted by molar-refractivity contribution is 5.88. The standard InChI is InChI=1S/C23H27FN2O2/c1-15(2)17-9-11-19(12-10-17)22(18-7-5-4-6-8-18)25-23(28)21-13-20(24)14-26(21)16(3)27/h4-12,15,20-22H,13-14H2,1-3H3,(H,25,28). The monoisotopic (exact) mass is 382 g/mol. The Morgan fingerprint density at radius 1 is 1.00 bits per heavy atom. The summed E-state index contributed by atoms with van der Waals surface area (Å²) in [7, 11) is 0. The zero-order valence-electron chi connectivity index (χ0n) is 16.6. The van der Waals surface area contributed by atoms with Crippen molar-refractivity contribution in [2.24, 2.45) is 0 Å². The number of hydrogen-bond acceptors (Lipinski definition) is 2. The third-order valence-electron chi connectivity index (χ3n) is 5.31. The number of carbonyl (C=O) groups is 2. The molecule has 4 nitrogen and oxygen atoms in total. The first kappa shape index (κ1) is 20.1. The van der Waals surface area contributed by atoms with Gasteiger partial charge in [0.05, 0.1) is 12.6 Å². The molecule has 5 heteroatoms. The highest BCUT2D eigenvalue weighted by Gasteiger charge is 2.39. The van der Waals surface area contributed by atoms with Crippen LogP contribution in [0.4, 0.5) is 4.39 Å². The van der Waals surface area contributed by atoms with Crippen LogP contribution >= 0.6 is 0 Å². The summed E-state index contributed by atoms with van der Waals surface area (Å²) >= 11 is 0. The average Bonchev–Trinajstić information content (AvgIpc) is 3.09. The zero-order chi connectivity index (χ0) is 20.3. The topological polar surface area (TPSA) is 49.4 Å². The molecule has 2 amide bonds. The smallest absolute Gasteiger partial charge is 0.243 e. The first-order valence-corrected chi connectivity index (χ1v) is 9.73. The van der Waals surface area contributed by atoms with Crippen LogP contribution in [0.5, 0.6) is 0 Å². The number of carbonyl (C=O) groups excluding carboxylic acids is 2. The van der Waals surface area contributed by atoms with E-state index in [1.807, 2.05) is 42.5 Å². The predicted octanol–water partition coefficient (Wildman–Crippen LogP) is 3.97. The first-order valence-electron chi connectivity index (χ1n) is 9.73. The van der Waals surface area contributed by atoms with E-state index in [2.05, 4.69) is 31.3 Å². The number of benzene rings is 2. The summed E-state index contributed by atoms with van der Waals surface area (Å²) < 4.78 is 13.9. The molecule has 1 heterocycles. The molecule has 3 rings (SSSR count). The maximum absolute atomic E-state index is 13.9. The van der Waals surface area contributed by atoms with Gasteiger partial charge in [0.15, 0.2) is 0 Å². The largest absolute Gasteiger partial charge is 0.343 e. The second kappa shape index (κ2) is 8.55. The molecular weight excluding hydrogens is 355 g/mol. The number of alkyl halides is 1. The van der Waals surface area contributed by atoms with E-state index < -0.39 is 12.2 Å². The van der Waals surface area contributed by atoms with Crippen molar-refractivity contribution in [3.8, 4) is 0 Å². The van der Waals surface area contributed by atoms with Crippen molar-refractivity contribution >= 4 is 11.8 Å². The molecule has 1 fully saturated rings. The Balaban J connectivity index is 1.87. The molecular formula is C23H27FN2O2. The van der Waals surface area contributed by atoms with Gasteiger partial charge in [0.1, 0.15) is 12.2 Å². The zero-order valence-corrected chi connectivity index (χ0v) is 16.6. The van der Waals surface area contributed by atoms with Crippen LogP contribution in [-0.4, -0.2) is 35.5 Å². The number of nitrogens with zero attached hydrogens (tertiary/aromatic N) is 1. The van der Waals surface area contributed by atoms with Gasteiger partial charge in [0, 0.05) is 13.3 Å². The third-order valence-corrected chi connectivity index (χ3v) is 5.31. The van der Waals surface area contributed by atoms with Gasteiger partial charge >= 0.3 is 0 Å². The summed E-state index contributed by atoms with van der Waals surface area (Å²) in [5, 5.41) is 3.05. The lowest BCUT2D eigenvalue weighted by Gasteiger charge is -2.26. The molecule has 0 spiro atoms. The van der Waals surface area contributed by atoms with Gasteiger partial charge in [-0.3, -0.25) is 9.59 Å². The molecule has 0 aliphatic carbocycles. The minimum absolute atomic E-state index is 0.0213. The van der Waals surface area contributed by atoms with E-state index in [1.54, 1.807) is 0 Å². The Labute approximate surface area is 165 Å². The summed E-state index contributed by atoms with van der Waals surface area (Å²) in [4.78, 5) is 26.1. The predicted molar refractivity (Wildman–Crippen MR) is 108 cm³/mol. The second-order valence-corrected chi connectivity index (χ2v) is 7.69. The summed E-state index contributed by atoms with van der Waals surface area (Å²) in [5.41, 5.74) is 3.12. The Morgan fingerprint density at radius 2 is 1.57 bits per heavy atom. The van der Waals surface area contributed by atoms with Crippen LogP contribution in [0.1, 0.15) is 55.8 Å². The van der Waals surface area contributed by atoms with E-state index in [0.29, 0.717) is 5.92 Å². The van der Waals surface area contributed by atoms with E-state index in [4.69, 9.17) is 0 Å². The minimum atomic E-state index is -1.17. The molecule has 1 N–H and O–H groups in total. The van der Waals surface area contributed by atoms with Crippen LogP contribution in [0, 0.1) is 0 Å². The lowest BCUT2D eigenvalue weighted by Crippen LogP contribution is -2.46. The normalized spacial score (nSPS) is 20.2. The van der Waals surface area contributed by atoms with Crippen molar-refractivity contribution < 1.29 is 14.0 Å². The quantitative estimate of drug-likeness (QED) is 0.851. The summed E-state index contributed by atoms with van der Waals surface area (Å²) in [6, 6.07) is 16.7. The van der Waals surface area contributed by atoms with Gasteiger partial charge < -0.3 is 10.2 Å². The van der Waals surface area contributed by atoms with E-state index in [-0.39, 0.29) is 30.8 Å². The van der Waals surface area contributed by atoms with E-state index >= 15 is 0 Å². The van der Waals surface area contributed by atoms with E-state index in [9.17, 15) is 14.0 Å². The highest BCUT2D eigenvalue weighted by atomic mass is 19.1. The molecule has 3 unspecified atom stereocenters. The number of nitrogens with one attached hydrogen (secondary N) is 1. The molecule has 1 saturated heterocycles. The maximum Gasteiger partial charge on any atom is 0.243 e. The van der Waals surface area contributed by atoms with Crippen molar-refractivity contribution in [2.45, 2.75) is 51.4 Å². The fourth-order valence-electron chi connectivity index (χ4n) is 3.70. The third kappa shape index (κ3) is 4.41. The average molecular weight is 382 g/mol. The summed E-state index contributed by atoms with van der Waals surface area (Å²) in [6.07, 6.45) is -1.13. The number of amides is 2. The van der Waals surface area contributed by atoms with Crippen LogP contribution in [0.15, 0.2) is 54.6 Å². The molecule has 2 aromatic rings. The van der Waals surface area contributed by atoms with Crippen LogP contribution in [-0.2, 0) is 9.59 Å². The summed E-state index contributed by atoms with van der Waals surface area (Å²) in [6.45, 7) is 5.62. The Morgan fingerprint density at radius 3 is 2.14 bits per heavy atom. The van der Waals surface area contributed by atoms with Crippen LogP contribution in [0.2, 0.25) is 0 Å². The maximum atomic E-state index is 13.9. The van der Waals surface area contributed by atoms with Crippen LogP contribution in [0.25, 0.3) is 0 Å². The SMILES string of the molecule is CC(=O)N1CC(F)CC1C(=O)NC(c1ccccc1)c1ccc(C(C)C)cc1. The highest BCUT2D eigenvalue weighted by Crippen LogP contribution is 2.26. The molecule has 3 atom stereocenters. The molecule has 1 aliphatic heterocycles. The molecule has 0 radical (unpaired) electrons. The molecule has 148 valence electrons. The fourth-order valence-corrected chi connectivity index (χ4v) is 3.70. The number of rotatable bonds is 5. The van der Waals surface area contributed by atoms with Crippen LogP contribution < -0.4 is 5.32 Å². The second-order valence-electron chi connectivity index (χ2n) is 7.69. The minimum Gasteiger partial charge on any atom is -0.343 e. The lowest BCUT2D eigenvalue weighted by molar-refractivity contribution is -0.137. The Bertz CT molecular complexity index is 820. The van der Waals surface area contributed by atoms with Gasteiger partial charge in [-0.15, -0.1) is 0 Å². The molecule has 0 aromatic heterocycles. The Hall–Kier alpha value is -2.69. The number of likely N-dealkylation sites (tertiary alicyclic amines) is 1. The lowest BCUT2D eigenvalue weighted by atomic mass is 9.95. The van der Waals surface area contributed by atoms with Gasteiger partial charge in [-0.2, -0.15) is 0 Å². The van der Waals surface area contributed by atoms with Crippen LogP contribution in [0.3, 0.4) is 0 Å². The van der Waals surface area contributed by atoms with Gasteiger partial charge in [0.2, 0.25) is 11.8 Å². The molecule has 0 saturated carbocycles. The van der Waals surface area contributed by atoms with Crippen molar-refractivity contribution in [3.05, 3.63) is 71.3 Å². The summed E-state index contributed by atoms with van der Waals surface area (Å²) in [5.74, 6) is -0.182. The van der Waals surface area contributed by atoms with Crippen molar-refractivity contribution in [1.29, 1.82) is 0 Å². The number of hydrogen-bond donors (Lipinski definition) is 1. The van der Waals surface area contributed by atoms with Crippen molar-refractivity contribution in [1.82, 2.24) is 10.2 Å². The number of halogens is 1. The van der Waals surface area contributed by atoms with Gasteiger partial charge in [-0.05, 0) is 22.6 Å². The van der Waals surface area contributed by atoms with Crippen molar-refractivity contribution in [2.75, 3.05) is 6.54 Å². The van der Waals surface area contributed by atoms with Gasteiger partial charge in [-0.25, -0.2) is 4.39 Å². The van der Waals surface area contributed by atoms with Gasteiger partial charge in [-0.1, -0.05) is 68.4 Å². The fraction of sp³-hybridized carbons (Fsp3) is 0.391.